The van der Waals surface area contributed by atoms with Gasteiger partial charge in [0.1, 0.15) is 0 Å². The van der Waals surface area contributed by atoms with Gasteiger partial charge in [0.05, 0.1) is 17.0 Å². The summed E-state index contributed by atoms with van der Waals surface area (Å²) in [6.07, 6.45) is -1.26. The van der Waals surface area contributed by atoms with E-state index in [1.165, 1.54) is 24.8 Å². The molecule has 40 heavy (non-hydrogen) atoms. The van der Waals surface area contributed by atoms with E-state index in [0.717, 1.165) is 36.9 Å². The summed E-state index contributed by atoms with van der Waals surface area (Å²) in [7, 11) is 0. The Balaban J connectivity index is 0.00000115. The van der Waals surface area contributed by atoms with Crippen molar-refractivity contribution in [1.29, 1.82) is 0 Å². The van der Waals surface area contributed by atoms with E-state index in [0.29, 0.717) is 37.7 Å². The summed E-state index contributed by atoms with van der Waals surface area (Å²) < 4.78 is 79.8. The van der Waals surface area contributed by atoms with Gasteiger partial charge in [0, 0.05) is 18.3 Å². The average Bonchev–Trinajstić information content (AvgIpc) is 3.77. The smallest absolute Gasteiger partial charge is 0.416 e. The van der Waals surface area contributed by atoms with Crippen LogP contribution in [0.2, 0.25) is 0 Å². The Morgan fingerprint density at radius 2 is 1.65 bits per heavy atom. The van der Waals surface area contributed by atoms with Crippen molar-refractivity contribution in [1.82, 2.24) is 4.90 Å². The number of benzene rings is 2. The quantitative estimate of drug-likeness (QED) is 0.348. The van der Waals surface area contributed by atoms with Gasteiger partial charge in [-0.05, 0) is 92.1 Å². The van der Waals surface area contributed by atoms with E-state index in [1.807, 2.05) is 18.2 Å². The Labute approximate surface area is 230 Å². The van der Waals surface area contributed by atoms with Crippen molar-refractivity contribution in [2.75, 3.05) is 18.4 Å². The van der Waals surface area contributed by atoms with E-state index < -0.39 is 35.4 Å². The molecule has 5 rings (SSSR count). The molecule has 1 saturated carbocycles. The fraction of sp³-hybridized carbons (Fsp3) is 0.567. The van der Waals surface area contributed by atoms with Gasteiger partial charge in [0.15, 0.2) is 0 Å². The number of nitrogens with zero attached hydrogens (tertiary/aromatic N) is 1. The zero-order valence-electron chi connectivity index (χ0n) is 22.5. The summed E-state index contributed by atoms with van der Waals surface area (Å²) in [6.45, 7) is 2.49. The number of halogens is 6. The Bertz CT molecular complexity index is 1170. The van der Waals surface area contributed by atoms with Gasteiger partial charge in [-0.2, -0.15) is 26.3 Å². The monoisotopic (exact) mass is 570 g/mol. The van der Waals surface area contributed by atoms with Crippen molar-refractivity contribution in [3.63, 3.8) is 0 Å². The third-order valence-electron chi connectivity index (χ3n) is 7.89. The van der Waals surface area contributed by atoms with Gasteiger partial charge in [-0.15, -0.1) is 0 Å². The Morgan fingerprint density at radius 3 is 2.23 bits per heavy atom. The maximum absolute atomic E-state index is 13.5. The molecule has 2 aliphatic heterocycles. The molecule has 10 heteroatoms. The number of aryl methyl sites for hydroxylation is 1. The number of piperidine rings is 1. The molecule has 0 amide bonds. The van der Waals surface area contributed by atoms with E-state index in [4.69, 9.17) is 0 Å². The molecule has 2 aromatic carbocycles. The van der Waals surface area contributed by atoms with Crippen molar-refractivity contribution >= 4 is 11.7 Å². The highest BCUT2D eigenvalue weighted by Gasteiger charge is 2.38. The van der Waals surface area contributed by atoms with Crippen molar-refractivity contribution in [2.45, 2.75) is 83.2 Å². The van der Waals surface area contributed by atoms with Gasteiger partial charge in [-0.25, -0.2) is 0 Å². The number of carbonyl (C=O) groups is 1. The first kappa shape index (κ1) is 30.2. The maximum Gasteiger partial charge on any atom is 0.416 e. The molecule has 2 aromatic rings. The molecule has 1 saturated heterocycles. The van der Waals surface area contributed by atoms with Gasteiger partial charge in [0.2, 0.25) is 0 Å². The Morgan fingerprint density at radius 1 is 0.975 bits per heavy atom. The van der Waals surface area contributed by atoms with E-state index in [9.17, 15) is 36.2 Å². The number of fused-ring (bicyclic) bond motifs is 1. The largest absolute Gasteiger partial charge is 0.481 e. The second kappa shape index (κ2) is 12.4. The molecule has 1 aliphatic carbocycles. The Kier molecular flexibility index (Phi) is 9.37. The molecule has 4 nitrogen and oxygen atoms in total. The lowest BCUT2D eigenvalue weighted by atomic mass is 9.83. The predicted molar refractivity (Wildman–Crippen MR) is 141 cm³/mol. The molecule has 0 bridgehead atoms. The van der Waals surface area contributed by atoms with Crippen LogP contribution in [0.1, 0.15) is 73.3 Å². The number of carboxylic acid groups (broad SMARTS) is 1. The van der Waals surface area contributed by atoms with Gasteiger partial charge >= 0.3 is 18.3 Å². The predicted octanol–water partition coefficient (Wildman–Crippen LogP) is 7.80. The second-order valence-corrected chi connectivity index (χ2v) is 11.3. The molecular weight excluding hydrogens is 534 g/mol. The van der Waals surface area contributed by atoms with Crippen LogP contribution in [0.15, 0.2) is 36.4 Å². The number of nitrogens with one attached hydrogen (secondary N) is 1. The lowest BCUT2D eigenvalue weighted by molar-refractivity contribution is -0.142. The van der Waals surface area contributed by atoms with Crippen LogP contribution in [0.3, 0.4) is 0 Å². The summed E-state index contributed by atoms with van der Waals surface area (Å²) in [6, 6.07) is 7.81. The van der Waals surface area contributed by atoms with Crippen molar-refractivity contribution in [2.24, 2.45) is 11.8 Å². The number of alkyl halides is 6. The molecule has 0 spiro atoms. The molecule has 0 aromatic heterocycles. The third-order valence-corrected chi connectivity index (χ3v) is 7.89. The SMILES string of the molecule is C1CC1.CC(Cc1ccc2c(c1)NC(C1CCN(Cc3cc(C(F)(F)F)ccc3C(F)(F)F)CC1)CC2)C(=O)O. The standard InChI is InChI=1S/C27H30F6N2O2.C3H6/c1-16(25(36)37)12-17-2-3-18-4-7-23(34-24(18)13-17)19-8-10-35(11-9-19)15-20-14-21(26(28,29)30)5-6-22(20)27(31,32)33;1-2-3-1/h2-3,5-6,13-14,16,19,23,34H,4,7-12,15H2,1H3,(H,36,37);1-3H2. The highest BCUT2D eigenvalue weighted by Crippen LogP contribution is 2.38. The van der Waals surface area contributed by atoms with E-state index >= 15 is 0 Å². The molecule has 2 atom stereocenters. The van der Waals surface area contributed by atoms with Gasteiger partial charge in [0.25, 0.3) is 0 Å². The minimum Gasteiger partial charge on any atom is -0.481 e. The molecule has 2 heterocycles. The minimum absolute atomic E-state index is 0.182. The number of hydrogen-bond donors (Lipinski definition) is 2. The van der Waals surface area contributed by atoms with Crippen LogP contribution in [0.25, 0.3) is 0 Å². The third kappa shape index (κ3) is 8.15. The molecule has 3 aliphatic rings. The molecule has 0 radical (unpaired) electrons. The first-order chi connectivity index (χ1) is 18.8. The first-order valence-electron chi connectivity index (χ1n) is 13.9. The van der Waals surface area contributed by atoms with Crippen LogP contribution in [-0.2, 0) is 36.5 Å². The number of aliphatic carboxylic acids is 1. The summed E-state index contributed by atoms with van der Waals surface area (Å²) in [4.78, 5) is 13.0. The van der Waals surface area contributed by atoms with Gasteiger partial charge in [-0.1, -0.05) is 38.3 Å². The van der Waals surface area contributed by atoms with Crippen LogP contribution < -0.4 is 5.32 Å². The molecule has 2 N–H and O–H groups in total. The van der Waals surface area contributed by atoms with Gasteiger partial charge < -0.3 is 10.4 Å². The lowest BCUT2D eigenvalue weighted by Crippen LogP contribution is -2.41. The number of likely N-dealkylation sites (tertiary alicyclic amines) is 1. The Hall–Kier alpha value is -2.75. The summed E-state index contributed by atoms with van der Waals surface area (Å²) >= 11 is 0. The van der Waals surface area contributed by atoms with Crippen molar-refractivity contribution < 1.29 is 36.2 Å². The van der Waals surface area contributed by atoms with Crippen molar-refractivity contribution in [3.8, 4) is 0 Å². The first-order valence-corrected chi connectivity index (χ1v) is 13.9. The normalized spacial score (nSPS) is 20.5. The summed E-state index contributed by atoms with van der Waals surface area (Å²) in [5.74, 6) is -1.05. The molecular formula is C30H36F6N2O2. The molecule has 220 valence electrons. The average molecular weight is 571 g/mol. The van der Waals surface area contributed by atoms with Crippen LogP contribution in [0.4, 0.5) is 32.0 Å². The van der Waals surface area contributed by atoms with E-state index in [2.05, 4.69) is 5.32 Å². The van der Waals surface area contributed by atoms with E-state index in [1.54, 1.807) is 11.8 Å². The number of hydrogen-bond acceptors (Lipinski definition) is 3. The number of anilines is 1. The number of rotatable bonds is 6. The van der Waals surface area contributed by atoms with Crippen LogP contribution >= 0.6 is 0 Å². The second-order valence-electron chi connectivity index (χ2n) is 11.3. The fourth-order valence-corrected chi connectivity index (χ4v) is 5.41. The lowest BCUT2D eigenvalue weighted by Gasteiger charge is -2.39. The zero-order chi connectivity index (χ0) is 29.1. The van der Waals surface area contributed by atoms with E-state index in [-0.39, 0.29) is 24.1 Å². The molecule has 2 fully saturated rings. The summed E-state index contributed by atoms with van der Waals surface area (Å²) in [5.41, 5.74) is 0.651. The van der Waals surface area contributed by atoms with Gasteiger partial charge in [-0.3, -0.25) is 9.69 Å². The highest BCUT2D eigenvalue weighted by molar-refractivity contribution is 5.70. The fourth-order valence-electron chi connectivity index (χ4n) is 5.41. The van der Waals surface area contributed by atoms with Crippen LogP contribution in [0.5, 0.6) is 0 Å². The van der Waals surface area contributed by atoms with Crippen LogP contribution in [0, 0.1) is 11.8 Å². The number of carboxylic acids is 1. The van der Waals surface area contributed by atoms with Crippen LogP contribution in [-0.4, -0.2) is 35.1 Å². The summed E-state index contributed by atoms with van der Waals surface area (Å²) in [5, 5.41) is 12.8. The zero-order valence-corrected chi connectivity index (χ0v) is 22.5. The van der Waals surface area contributed by atoms with Crippen molar-refractivity contribution in [3.05, 3.63) is 64.2 Å². The highest BCUT2D eigenvalue weighted by atomic mass is 19.4. The molecule has 2 unspecified atom stereocenters. The topological polar surface area (TPSA) is 52.6 Å². The minimum atomic E-state index is -4.72. The maximum atomic E-state index is 13.5.